The van der Waals surface area contributed by atoms with Crippen LogP contribution in [0, 0.1) is 0 Å². The van der Waals surface area contributed by atoms with Gasteiger partial charge in [-0.05, 0) is 45.4 Å². The van der Waals surface area contributed by atoms with E-state index >= 15 is 0 Å². The highest BCUT2D eigenvalue weighted by Crippen LogP contribution is 2.37. The molecule has 0 spiro atoms. The van der Waals surface area contributed by atoms with Gasteiger partial charge in [-0.1, -0.05) is 6.07 Å². The Balaban J connectivity index is 2.57. The third kappa shape index (κ3) is 1.97. The van der Waals surface area contributed by atoms with E-state index in [1.807, 2.05) is 50.8 Å². The Morgan fingerprint density at radius 1 is 1.39 bits per heavy atom. The van der Waals surface area contributed by atoms with Crippen LogP contribution in [-0.4, -0.2) is 17.5 Å². The van der Waals surface area contributed by atoms with Gasteiger partial charge in [-0.3, -0.25) is 4.79 Å². The summed E-state index contributed by atoms with van der Waals surface area (Å²) >= 11 is 0. The zero-order valence-electron chi connectivity index (χ0n) is 11.4. The molecule has 0 radical (unpaired) electrons. The molecule has 0 unspecified atom stereocenters. The summed E-state index contributed by atoms with van der Waals surface area (Å²) in [6.45, 7) is 8.35. The Morgan fingerprint density at radius 3 is 2.61 bits per heavy atom. The Hall–Kier alpha value is -1.55. The van der Waals surface area contributed by atoms with Gasteiger partial charge < -0.3 is 16.0 Å². The van der Waals surface area contributed by atoms with Crippen molar-refractivity contribution in [1.82, 2.24) is 0 Å². The van der Waals surface area contributed by atoms with Gasteiger partial charge in [-0.15, -0.1) is 0 Å². The predicted molar refractivity (Wildman–Crippen MR) is 74.7 cm³/mol. The van der Waals surface area contributed by atoms with E-state index in [0.29, 0.717) is 6.54 Å². The minimum atomic E-state index is -0.568. The molecule has 1 aliphatic heterocycles. The van der Waals surface area contributed by atoms with E-state index in [9.17, 15) is 4.79 Å². The van der Waals surface area contributed by atoms with E-state index in [1.54, 1.807) is 0 Å². The number of nitrogens with two attached hydrogens (primary N) is 1. The van der Waals surface area contributed by atoms with Crippen molar-refractivity contribution in [2.45, 2.75) is 45.8 Å². The number of hydrogen-bond acceptors (Lipinski definition) is 3. The van der Waals surface area contributed by atoms with Crippen molar-refractivity contribution in [3.05, 3.63) is 23.8 Å². The molecular formula is C14H21N3O. The van der Waals surface area contributed by atoms with Crippen LogP contribution in [0.25, 0.3) is 0 Å². The van der Waals surface area contributed by atoms with Crippen LogP contribution in [0.5, 0.6) is 0 Å². The molecule has 98 valence electrons. The van der Waals surface area contributed by atoms with Crippen molar-refractivity contribution in [3.8, 4) is 0 Å². The normalized spacial score (nSPS) is 17.7. The van der Waals surface area contributed by atoms with E-state index in [1.165, 1.54) is 0 Å². The van der Waals surface area contributed by atoms with E-state index < -0.39 is 5.54 Å². The van der Waals surface area contributed by atoms with E-state index in [4.69, 9.17) is 5.73 Å². The molecule has 1 heterocycles. The van der Waals surface area contributed by atoms with Gasteiger partial charge >= 0.3 is 0 Å². The molecule has 2 rings (SSSR count). The molecule has 1 aromatic carbocycles. The molecule has 0 bridgehead atoms. The Kier molecular flexibility index (Phi) is 3.07. The molecule has 1 aliphatic rings. The SMILES string of the molecule is CC(C)N1C(=O)C(C)(C)Nc2ccc(CN)cc21. The number of carbonyl (C=O) groups is 1. The summed E-state index contributed by atoms with van der Waals surface area (Å²) in [5, 5.41) is 3.29. The third-order valence-corrected chi connectivity index (χ3v) is 3.27. The van der Waals surface area contributed by atoms with Crippen LogP contribution in [0.1, 0.15) is 33.3 Å². The van der Waals surface area contributed by atoms with Gasteiger partial charge in [0.15, 0.2) is 0 Å². The lowest BCUT2D eigenvalue weighted by Crippen LogP contribution is -2.56. The number of anilines is 2. The van der Waals surface area contributed by atoms with E-state index in [0.717, 1.165) is 16.9 Å². The third-order valence-electron chi connectivity index (χ3n) is 3.27. The lowest BCUT2D eigenvalue weighted by Gasteiger charge is -2.42. The molecule has 0 aromatic heterocycles. The first-order valence-electron chi connectivity index (χ1n) is 6.31. The Morgan fingerprint density at radius 2 is 2.06 bits per heavy atom. The number of benzene rings is 1. The highest BCUT2D eigenvalue weighted by Gasteiger charge is 2.39. The molecular weight excluding hydrogens is 226 g/mol. The number of amides is 1. The quantitative estimate of drug-likeness (QED) is 0.841. The van der Waals surface area contributed by atoms with Crippen molar-refractivity contribution in [1.29, 1.82) is 0 Å². The first kappa shape index (κ1) is 12.9. The Labute approximate surface area is 108 Å². The van der Waals surface area contributed by atoms with Crippen LogP contribution < -0.4 is 16.0 Å². The fourth-order valence-electron chi connectivity index (χ4n) is 2.32. The van der Waals surface area contributed by atoms with E-state index in [-0.39, 0.29) is 11.9 Å². The maximum Gasteiger partial charge on any atom is 0.252 e. The van der Waals surface area contributed by atoms with Crippen LogP contribution in [0.4, 0.5) is 11.4 Å². The summed E-state index contributed by atoms with van der Waals surface area (Å²) in [5.74, 6) is 0.0965. The van der Waals surface area contributed by atoms with Crippen LogP contribution in [0.3, 0.4) is 0 Å². The minimum Gasteiger partial charge on any atom is -0.370 e. The fourth-order valence-corrected chi connectivity index (χ4v) is 2.32. The highest BCUT2D eigenvalue weighted by molar-refractivity contribution is 6.07. The van der Waals surface area contributed by atoms with Crippen molar-refractivity contribution >= 4 is 17.3 Å². The summed E-state index contributed by atoms with van der Waals surface area (Å²) in [5.41, 5.74) is 8.06. The summed E-state index contributed by atoms with van der Waals surface area (Å²) in [7, 11) is 0. The van der Waals surface area contributed by atoms with Gasteiger partial charge in [0, 0.05) is 12.6 Å². The first-order chi connectivity index (χ1) is 8.36. The lowest BCUT2D eigenvalue weighted by atomic mass is 9.96. The molecule has 3 N–H and O–H groups in total. The predicted octanol–water partition coefficient (Wildman–Crippen LogP) is 2.09. The molecule has 1 amide bonds. The average molecular weight is 247 g/mol. The maximum atomic E-state index is 12.5. The summed E-state index contributed by atoms with van der Waals surface area (Å²) in [6, 6.07) is 6.12. The average Bonchev–Trinajstić information content (AvgIpc) is 2.29. The van der Waals surface area contributed by atoms with Gasteiger partial charge in [0.05, 0.1) is 11.4 Å². The standard InChI is InChI=1S/C14H21N3O/c1-9(2)17-12-7-10(8-15)5-6-11(12)16-14(3,4)13(17)18/h5-7,9,16H,8,15H2,1-4H3. The van der Waals surface area contributed by atoms with Gasteiger partial charge in [-0.25, -0.2) is 0 Å². The largest absolute Gasteiger partial charge is 0.370 e. The highest BCUT2D eigenvalue weighted by atomic mass is 16.2. The van der Waals surface area contributed by atoms with Gasteiger partial charge in [0.25, 0.3) is 5.91 Å². The van der Waals surface area contributed by atoms with Crippen molar-refractivity contribution in [2.24, 2.45) is 5.73 Å². The molecule has 0 aliphatic carbocycles. The zero-order valence-corrected chi connectivity index (χ0v) is 11.4. The molecule has 0 fully saturated rings. The summed E-state index contributed by atoms with van der Waals surface area (Å²) < 4.78 is 0. The first-order valence-corrected chi connectivity index (χ1v) is 6.31. The minimum absolute atomic E-state index is 0.0965. The second-order valence-electron chi connectivity index (χ2n) is 5.57. The van der Waals surface area contributed by atoms with Gasteiger partial charge in [0.2, 0.25) is 0 Å². The Bertz CT molecular complexity index is 480. The lowest BCUT2D eigenvalue weighted by molar-refractivity contribution is -0.122. The smallest absolute Gasteiger partial charge is 0.252 e. The number of fused-ring (bicyclic) bond motifs is 1. The number of nitrogens with one attached hydrogen (secondary N) is 1. The van der Waals surface area contributed by atoms with Crippen LogP contribution in [0.15, 0.2) is 18.2 Å². The fraction of sp³-hybridized carbons (Fsp3) is 0.500. The second kappa shape index (κ2) is 4.28. The molecule has 4 heteroatoms. The topological polar surface area (TPSA) is 58.4 Å². The van der Waals surface area contributed by atoms with Crippen LogP contribution >= 0.6 is 0 Å². The maximum absolute atomic E-state index is 12.5. The van der Waals surface area contributed by atoms with Gasteiger partial charge in [-0.2, -0.15) is 0 Å². The van der Waals surface area contributed by atoms with Crippen molar-refractivity contribution < 1.29 is 4.79 Å². The molecule has 0 saturated heterocycles. The number of hydrogen-bond donors (Lipinski definition) is 2. The molecule has 0 saturated carbocycles. The summed E-state index contributed by atoms with van der Waals surface area (Å²) in [4.78, 5) is 14.3. The summed E-state index contributed by atoms with van der Waals surface area (Å²) in [6.07, 6.45) is 0. The number of carbonyl (C=O) groups excluding carboxylic acids is 1. The zero-order chi connectivity index (χ0) is 13.5. The van der Waals surface area contributed by atoms with Crippen molar-refractivity contribution in [3.63, 3.8) is 0 Å². The molecule has 4 nitrogen and oxygen atoms in total. The van der Waals surface area contributed by atoms with Gasteiger partial charge in [0.1, 0.15) is 5.54 Å². The van der Waals surface area contributed by atoms with Crippen molar-refractivity contribution in [2.75, 3.05) is 10.2 Å². The monoisotopic (exact) mass is 247 g/mol. The molecule has 1 aromatic rings. The number of rotatable bonds is 2. The van der Waals surface area contributed by atoms with Crippen LogP contribution in [-0.2, 0) is 11.3 Å². The number of nitrogens with zero attached hydrogens (tertiary/aromatic N) is 1. The van der Waals surface area contributed by atoms with E-state index in [2.05, 4.69) is 5.32 Å². The molecule has 0 atom stereocenters. The second-order valence-corrected chi connectivity index (χ2v) is 5.57. The van der Waals surface area contributed by atoms with Crippen LogP contribution in [0.2, 0.25) is 0 Å². The molecule has 18 heavy (non-hydrogen) atoms.